The molecule has 15 heavy (non-hydrogen) atoms. The van der Waals surface area contributed by atoms with Crippen LogP contribution in [0.2, 0.25) is 0 Å². The third-order valence-corrected chi connectivity index (χ3v) is 2.27. The van der Waals surface area contributed by atoms with Gasteiger partial charge in [-0.2, -0.15) is 5.26 Å². The minimum atomic E-state index is -0.548. The lowest BCUT2D eigenvalue weighted by atomic mass is 10.1. The fourth-order valence-corrected chi connectivity index (χ4v) is 1.46. The molecule has 0 aromatic heterocycles. The van der Waals surface area contributed by atoms with Crippen LogP contribution in [0.1, 0.15) is 58.8 Å². The van der Waals surface area contributed by atoms with Gasteiger partial charge < -0.3 is 4.74 Å². The van der Waals surface area contributed by atoms with Crippen molar-refractivity contribution in [2.24, 2.45) is 0 Å². The first-order chi connectivity index (χ1) is 7.20. The maximum Gasteiger partial charge on any atom is 0.303 e. The summed E-state index contributed by atoms with van der Waals surface area (Å²) in [7, 11) is 0. The van der Waals surface area contributed by atoms with Gasteiger partial charge >= 0.3 is 5.97 Å². The molecule has 0 radical (unpaired) electrons. The zero-order valence-corrected chi connectivity index (χ0v) is 9.79. The Kier molecular flexibility index (Phi) is 8.85. The number of esters is 1. The second-order valence-electron chi connectivity index (χ2n) is 3.78. The lowest BCUT2D eigenvalue weighted by molar-refractivity contribution is -0.144. The maximum absolute atomic E-state index is 10.6. The van der Waals surface area contributed by atoms with E-state index in [1.165, 1.54) is 32.6 Å². The van der Waals surface area contributed by atoms with E-state index >= 15 is 0 Å². The summed E-state index contributed by atoms with van der Waals surface area (Å²) in [6.07, 6.45) is 7.22. The van der Waals surface area contributed by atoms with Gasteiger partial charge in [0.15, 0.2) is 6.10 Å². The van der Waals surface area contributed by atoms with E-state index in [2.05, 4.69) is 6.92 Å². The summed E-state index contributed by atoms with van der Waals surface area (Å²) in [5.41, 5.74) is 0. The van der Waals surface area contributed by atoms with Gasteiger partial charge in [-0.3, -0.25) is 4.79 Å². The fraction of sp³-hybridized carbons (Fsp3) is 0.833. The van der Waals surface area contributed by atoms with E-state index in [9.17, 15) is 4.79 Å². The summed E-state index contributed by atoms with van der Waals surface area (Å²) in [6.45, 7) is 3.53. The van der Waals surface area contributed by atoms with Gasteiger partial charge in [0.25, 0.3) is 0 Å². The van der Waals surface area contributed by atoms with Crippen LogP contribution in [-0.4, -0.2) is 12.1 Å². The normalized spacial score (nSPS) is 11.8. The molecule has 1 atom stereocenters. The molecular formula is C12H21NO2. The third-order valence-electron chi connectivity index (χ3n) is 2.27. The number of hydrogen-bond donors (Lipinski definition) is 0. The highest BCUT2D eigenvalue weighted by Crippen LogP contribution is 2.10. The summed E-state index contributed by atoms with van der Waals surface area (Å²) >= 11 is 0. The number of hydrogen-bond acceptors (Lipinski definition) is 3. The topological polar surface area (TPSA) is 50.1 Å². The van der Waals surface area contributed by atoms with E-state index in [1.54, 1.807) is 0 Å². The van der Waals surface area contributed by atoms with Crippen molar-refractivity contribution < 1.29 is 9.53 Å². The van der Waals surface area contributed by atoms with Crippen molar-refractivity contribution in [3.63, 3.8) is 0 Å². The molecule has 0 aliphatic rings. The maximum atomic E-state index is 10.6. The van der Waals surface area contributed by atoms with Crippen LogP contribution in [0.5, 0.6) is 0 Å². The highest BCUT2D eigenvalue weighted by atomic mass is 16.5. The highest BCUT2D eigenvalue weighted by molar-refractivity contribution is 5.66. The molecule has 0 aromatic rings. The summed E-state index contributed by atoms with van der Waals surface area (Å²) < 4.78 is 4.83. The number of carbonyl (C=O) groups is 1. The lowest BCUT2D eigenvalue weighted by Gasteiger charge is -2.08. The quantitative estimate of drug-likeness (QED) is 0.457. The van der Waals surface area contributed by atoms with Gasteiger partial charge in [-0.05, 0) is 12.8 Å². The van der Waals surface area contributed by atoms with Crippen LogP contribution < -0.4 is 0 Å². The molecular weight excluding hydrogens is 190 g/mol. The monoisotopic (exact) mass is 211 g/mol. The predicted octanol–water partition coefficient (Wildman–Crippen LogP) is 3.19. The molecule has 0 heterocycles. The first kappa shape index (κ1) is 14.0. The van der Waals surface area contributed by atoms with E-state index in [0.29, 0.717) is 6.42 Å². The Balaban J connectivity index is 3.39. The number of unbranched alkanes of at least 4 members (excludes halogenated alkanes) is 5. The molecule has 0 aliphatic heterocycles. The molecule has 3 nitrogen and oxygen atoms in total. The molecule has 0 aliphatic carbocycles. The van der Waals surface area contributed by atoms with Crippen molar-refractivity contribution in [3.8, 4) is 6.07 Å². The lowest BCUT2D eigenvalue weighted by Crippen LogP contribution is -2.13. The van der Waals surface area contributed by atoms with Gasteiger partial charge in [0, 0.05) is 6.92 Å². The summed E-state index contributed by atoms with van der Waals surface area (Å²) in [5.74, 6) is -0.368. The Hall–Kier alpha value is -1.04. The number of nitrogens with zero attached hydrogens (tertiary/aromatic N) is 1. The van der Waals surface area contributed by atoms with Crippen LogP contribution in [-0.2, 0) is 9.53 Å². The van der Waals surface area contributed by atoms with Crippen LogP contribution in [0.4, 0.5) is 0 Å². The number of carbonyl (C=O) groups excluding carboxylic acids is 1. The smallest absolute Gasteiger partial charge is 0.303 e. The minimum Gasteiger partial charge on any atom is -0.447 e. The molecule has 0 bridgehead atoms. The van der Waals surface area contributed by atoms with Gasteiger partial charge in [-0.25, -0.2) is 0 Å². The molecule has 0 fully saturated rings. The molecule has 0 aromatic carbocycles. The van der Waals surface area contributed by atoms with E-state index in [4.69, 9.17) is 10.00 Å². The van der Waals surface area contributed by atoms with Crippen LogP contribution >= 0.6 is 0 Å². The van der Waals surface area contributed by atoms with E-state index in [-0.39, 0.29) is 5.97 Å². The summed E-state index contributed by atoms with van der Waals surface area (Å²) in [4.78, 5) is 10.6. The first-order valence-corrected chi connectivity index (χ1v) is 5.77. The molecule has 86 valence electrons. The second-order valence-corrected chi connectivity index (χ2v) is 3.78. The molecule has 0 spiro atoms. The van der Waals surface area contributed by atoms with Gasteiger partial charge in [-0.1, -0.05) is 39.0 Å². The van der Waals surface area contributed by atoms with Crippen molar-refractivity contribution in [2.75, 3.05) is 0 Å². The number of ether oxygens (including phenoxy) is 1. The fourth-order valence-electron chi connectivity index (χ4n) is 1.46. The number of rotatable bonds is 8. The van der Waals surface area contributed by atoms with E-state index < -0.39 is 6.10 Å². The van der Waals surface area contributed by atoms with Crippen molar-refractivity contribution in [1.29, 1.82) is 5.26 Å². The zero-order valence-electron chi connectivity index (χ0n) is 9.79. The van der Waals surface area contributed by atoms with Crippen LogP contribution in [0.3, 0.4) is 0 Å². The van der Waals surface area contributed by atoms with Gasteiger partial charge in [0.05, 0.1) is 0 Å². The van der Waals surface area contributed by atoms with Crippen molar-refractivity contribution in [3.05, 3.63) is 0 Å². The Labute approximate surface area is 92.4 Å². The van der Waals surface area contributed by atoms with Crippen LogP contribution in [0.25, 0.3) is 0 Å². The molecule has 0 saturated heterocycles. The predicted molar refractivity (Wildman–Crippen MR) is 59.2 cm³/mol. The van der Waals surface area contributed by atoms with E-state index in [1.807, 2.05) is 6.07 Å². The van der Waals surface area contributed by atoms with Gasteiger partial charge in [0.2, 0.25) is 0 Å². The van der Waals surface area contributed by atoms with Gasteiger partial charge in [-0.15, -0.1) is 0 Å². The van der Waals surface area contributed by atoms with Crippen molar-refractivity contribution >= 4 is 5.97 Å². The molecule has 3 heteroatoms. The zero-order chi connectivity index (χ0) is 11.5. The Morgan fingerprint density at radius 1 is 1.27 bits per heavy atom. The first-order valence-electron chi connectivity index (χ1n) is 5.77. The summed E-state index contributed by atoms with van der Waals surface area (Å²) in [6, 6.07) is 1.99. The molecule has 0 saturated carbocycles. The van der Waals surface area contributed by atoms with Crippen molar-refractivity contribution in [1.82, 2.24) is 0 Å². The highest BCUT2D eigenvalue weighted by Gasteiger charge is 2.09. The number of nitriles is 1. The average molecular weight is 211 g/mol. The second kappa shape index (κ2) is 9.51. The van der Waals surface area contributed by atoms with Gasteiger partial charge in [0.1, 0.15) is 6.07 Å². The van der Waals surface area contributed by atoms with Crippen molar-refractivity contribution in [2.45, 2.75) is 64.9 Å². The average Bonchev–Trinajstić information content (AvgIpc) is 2.20. The molecule has 0 amide bonds. The minimum absolute atomic E-state index is 0.368. The van der Waals surface area contributed by atoms with Crippen LogP contribution in [0.15, 0.2) is 0 Å². The molecule has 0 N–H and O–H groups in total. The Morgan fingerprint density at radius 2 is 1.87 bits per heavy atom. The largest absolute Gasteiger partial charge is 0.447 e. The molecule has 1 unspecified atom stereocenters. The summed E-state index contributed by atoms with van der Waals surface area (Å²) in [5, 5.41) is 8.69. The van der Waals surface area contributed by atoms with E-state index in [0.717, 1.165) is 12.8 Å². The Bertz CT molecular complexity index is 208. The third kappa shape index (κ3) is 9.27. The Morgan fingerprint density at radius 3 is 2.40 bits per heavy atom. The SMILES string of the molecule is CCCCCCCCC(C#N)OC(C)=O. The standard InChI is InChI=1S/C12H21NO2/c1-3-4-5-6-7-8-9-12(10-13)15-11(2)14/h12H,3-9H2,1-2H3. The van der Waals surface area contributed by atoms with Crippen LogP contribution in [0, 0.1) is 11.3 Å². The molecule has 0 rings (SSSR count).